The summed E-state index contributed by atoms with van der Waals surface area (Å²) in [4.78, 5) is 0. The van der Waals surface area contributed by atoms with E-state index in [1.165, 1.54) is 0 Å². The number of hydrazine groups is 1. The Morgan fingerprint density at radius 1 is 1.50 bits per heavy atom. The Morgan fingerprint density at radius 3 is 2.85 bits per heavy atom. The average molecular weight is 358 g/mol. The Kier molecular flexibility index (Phi) is 5.21. The maximum Gasteiger partial charge on any atom is 0.0893 e. The lowest BCUT2D eigenvalue weighted by Crippen LogP contribution is -2.31. The van der Waals surface area contributed by atoms with Crippen LogP contribution in [0.2, 0.25) is 5.02 Å². The normalized spacial score (nSPS) is 12.7. The summed E-state index contributed by atoms with van der Waals surface area (Å²) in [5.74, 6) is 5.76. The second kappa shape index (κ2) is 6.72. The Bertz CT molecular complexity index is 597. The maximum atomic E-state index is 6.29. The van der Waals surface area contributed by atoms with Crippen molar-refractivity contribution < 1.29 is 0 Å². The molecule has 108 valence electrons. The first-order chi connectivity index (χ1) is 9.58. The van der Waals surface area contributed by atoms with Crippen LogP contribution in [0.4, 0.5) is 0 Å². The number of rotatable bonds is 5. The number of nitrogens with one attached hydrogen (secondary N) is 1. The third kappa shape index (κ3) is 3.06. The second-order valence-electron chi connectivity index (χ2n) is 4.71. The third-order valence-corrected chi connectivity index (χ3v) is 4.41. The largest absolute Gasteiger partial charge is 0.271 e. The van der Waals surface area contributed by atoms with Crippen LogP contribution in [-0.2, 0) is 6.54 Å². The quantitative estimate of drug-likeness (QED) is 0.635. The average Bonchev–Trinajstić information content (AvgIpc) is 2.77. The van der Waals surface area contributed by atoms with Crippen LogP contribution >= 0.6 is 27.5 Å². The molecule has 1 unspecified atom stereocenters. The number of hydrogen-bond donors (Lipinski definition) is 2. The highest BCUT2D eigenvalue weighted by Gasteiger charge is 2.21. The molecule has 0 bridgehead atoms. The van der Waals surface area contributed by atoms with E-state index in [0.29, 0.717) is 5.02 Å². The van der Waals surface area contributed by atoms with E-state index in [-0.39, 0.29) is 6.04 Å². The van der Waals surface area contributed by atoms with Crippen LogP contribution in [0.15, 0.2) is 28.9 Å². The van der Waals surface area contributed by atoms with E-state index < -0.39 is 0 Å². The van der Waals surface area contributed by atoms with Gasteiger partial charge in [0.25, 0.3) is 0 Å². The van der Waals surface area contributed by atoms with Crippen LogP contribution in [0.1, 0.15) is 36.2 Å². The Hall–Kier alpha value is -0.880. The molecule has 2 rings (SSSR count). The summed E-state index contributed by atoms with van der Waals surface area (Å²) in [7, 11) is 0. The number of nitrogens with two attached hydrogens (primary N) is 1. The minimum absolute atomic E-state index is 0.177. The van der Waals surface area contributed by atoms with E-state index in [9.17, 15) is 0 Å². The van der Waals surface area contributed by atoms with E-state index in [1.54, 1.807) is 6.20 Å². The molecule has 0 aliphatic rings. The molecule has 4 nitrogen and oxygen atoms in total. The van der Waals surface area contributed by atoms with Crippen molar-refractivity contribution in [1.82, 2.24) is 15.2 Å². The van der Waals surface area contributed by atoms with Crippen molar-refractivity contribution in [2.45, 2.75) is 32.9 Å². The molecular weight excluding hydrogens is 340 g/mol. The molecule has 0 saturated carbocycles. The van der Waals surface area contributed by atoms with E-state index >= 15 is 0 Å². The summed E-state index contributed by atoms with van der Waals surface area (Å²) in [6, 6.07) is 5.96. The Balaban J connectivity index is 2.46. The molecule has 0 amide bonds. The maximum absolute atomic E-state index is 6.29. The molecule has 0 radical (unpaired) electrons. The zero-order chi connectivity index (χ0) is 14.7. The number of nitrogens with zero attached hydrogens (tertiary/aromatic N) is 2. The first-order valence-electron chi connectivity index (χ1n) is 6.51. The Labute approximate surface area is 132 Å². The molecule has 2 aromatic rings. The SMILES string of the molecule is CCCn1ncc(Cl)c1C(NN)c1ccc(Br)c(C)c1. The minimum atomic E-state index is -0.177. The van der Waals surface area contributed by atoms with Crippen molar-refractivity contribution >= 4 is 27.5 Å². The summed E-state index contributed by atoms with van der Waals surface area (Å²) in [6.07, 6.45) is 2.66. The summed E-state index contributed by atoms with van der Waals surface area (Å²) in [6.45, 7) is 4.97. The van der Waals surface area contributed by atoms with E-state index in [2.05, 4.69) is 39.4 Å². The van der Waals surface area contributed by atoms with Crippen molar-refractivity contribution in [3.05, 3.63) is 50.7 Å². The van der Waals surface area contributed by atoms with Crippen molar-refractivity contribution in [2.24, 2.45) is 5.84 Å². The van der Waals surface area contributed by atoms with Gasteiger partial charge in [-0.1, -0.05) is 46.6 Å². The molecule has 3 N–H and O–H groups in total. The fourth-order valence-corrected chi connectivity index (χ4v) is 2.73. The van der Waals surface area contributed by atoms with Gasteiger partial charge in [0.15, 0.2) is 0 Å². The molecule has 6 heteroatoms. The molecular formula is C14H18BrClN4. The van der Waals surface area contributed by atoms with Crippen LogP contribution in [0.3, 0.4) is 0 Å². The van der Waals surface area contributed by atoms with Crippen molar-refractivity contribution in [1.29, 1.82) is 0 Å². The van der Waals surface area contributed by atoms with Crippen LogP contribution < -0.4 is 11.3 Å². The van der Waals surface area contributed by atoms with E-state index in [1.807, 2.05) is 23.7 Å². The van der Waals surface area contributed by atoms with Crippen LogP contribution in [0, 0.1) is 6.92 Å². The summed E-state index contributed by atoms with van der Waals surface area (Å²) in [5.41, 5.74) is 5.96. The number of halogens is 2. The molecule has 20 heavy (non-hydrogen) atoms. The van der Waals surface area contributed by atoms with Gasteiger partial charge < -0.3 is 0 Å². The van der Waals surface area contributed by atoms with Gasteiger partial charge in [-0.25, -0.2) is 5.43 Å². The van der Waals surface area contributed by atoms with Crippen molar-refractivity contribution in [3.63, 3.8) is 0 Å². The number of aromatic nitrogens is 2. The van der Waals surface area contributed by atoms with Gasteiger partial charge in [0.05, 0.1) is 23.0 Å². The molecule has 1 aromatic carbocycles. The van der Waals surface area contributed by atoms with Crippen LogP contribution in [0.25, 0.3) is 0 Å². The lowest BCUT2D eigenvalue weighted by atomic mass is 10.0. The molecule has 0 saturated heterocycles. The fourth-order valence-electron chi connectivity index (χ4n) is 2.23. The fraction of sp³-hybridized carbons (Fsp3) is 0.357. The molecule has 0 fully saturated rings. The van der Waals surface area contributed by atoms with Gasteiger partial charge >= 0.3 is 0 Å². The lowest BCUT2D eigenvalue weighted by molar-refractivity contribution is 0.521. The zero-order valence-electron chi connectivity index (χ0n) is 11.5. The number of benzene rings is 1. The lowest BCUT2D eigenvalue weighted by Gasteiger charge is -2.19. The summed E-state index contributed by atoms with van der Waals surface area (Å²) >= 11 is 9.79. The van der Waals surface area contributed by atoms with Crippen molar-refractivity contribution in [2.75, 3.05) is 0 Å². The Morgan fingerprint density at radius 2 is 2.25 bits per heavy atom. The summed E-state index contributed by atoms with van der Waals surface area (Å²) < 4.78 is 2.98. The molecule has 1 heterocycles. The van der Waals surface area contributed by atoms with E-state index in [0.717, 1.165) is 34.3 Å². The highest BCUT2D eigenvalue weighted by Crippen LogP contribution is 2.30. The van der Waals surface area contributed by atoms with Gasteiger partial charge in [0, 0.05) is 11.0 Å². The van der Waals surface area contributed by atoms with Crippen molar-refractivity contribution in [3.8, 4) is 0 Å². The molecule has 0 aliphatic heterocycles. The van der Waals surface area contributed by atoms with Gasteiger partial charge in [0.2, 0.25) is 0 Å². The first kappa shape index (κ1) is 15.5. The number of aryl methyl sites for hydroxylation is 2. The van der Waals surface area contributed by atoms with Crippen LogP contribution in [0.5, 0.6) is 0 Å². The van der Waals surface area contributed by atoms with Gasteiger partial charge in [-0.15, -0.1) is 0 Å². The number of hydrogen-bond acceptors (Lipinski definition) is 3. The third-order valence-electron chi connectivity index (χ3n) is 3.22. The van der Waals surface area contributed by atoms with Gasteiger partial charge in [-0.3, -0.25) is 10.5 Å². The molecule has 0 spiro atoms. The predicted octanol–water partition coefficient (Wildman–Crippen LogP) is 3.57. The zero-order valence-corrected chi connectivity index (χ0v) is 13.9. The summed E-state index contributed by atoms with van der Waals surface area (Å²) in [5, 5.41) is 4.95. The smallest absolute Gasteiger partial charge is 0.0893 e. The highest BCUT2D eigenvalue weighted by molar-refractivity contribution is 9.10. The molecule has 1 atom stereocenters. The second-order valence-corrected chi connectivity index (χ2v) is 5.97. The standard InChI is InChI=1S/C14H18BrClN4/c1-3-6-20-14(12(16)8-18-20)13(19-17)10-4-5-11(15)9(2)7-10/h4-5,7-8,13,19H,3,6,17H2,1-2H3. The molecule has 1 aromatic heterocycles. The topological polar surface area (TPSA) is 55.9 Å². The van der Waals surface area contributed by atoms with Gasteiger partial charge in [-0.2, -0.15) is 5.10 Å². The monoisotopic (exact) mass is 356 g/mol. The van der Waals surface area contributed by atoms with Gasteiger partial charge in [-0.05, 0) is 30.5 Å². The first-order valence-corrected chi connectivity index (χ1v) is 7.69. The minimum Gasteiger partial charge on any atom is -0.271 e. The van der Waals surface area contributed by atoms with Crippen LogP contribution in [-0.4, -0.2) is 9.78 Å². The van der Waals surface area contributed by atoms with Gasteiger partial charge in [0.1, 0.15) is 0 Å². The van der Waals surface area contributed by atoms with E-state index in [4.69, 9.17) is 17.4 Å². The highest BCUT2D eigenvalue weighted by atomic mass is 79.9. The molecule has 0 aliphatic carbocycles. The predicted molar refractivity (Wildman–Crippen MR) is 85.6 cm³/mol.